The molecule has 18 heteroatoms. The maximum Gasteiger partial charge on any atom is 0.242 e. The fourth-order valence-electron chi connectivity index (χ4n) is 4.06. The molecule has 1 unspecified atom stereocenters. The van der Waals surface area contributed by atoms with E-state index in [9.17, 15) is 28.8 Å². The molecule has 0 aromatic heterocycles. The molecule has 0 saturated carbocycles. The predicted molar refractivity (Wildman–Crippen MR) is 214 cm³/mol. The summed E-state index contributed by atoms with van der Waals surface area (Å²) in [5.41, 5.74) is 6.10. The van der Waals surface area contributed by atoms with Gasteiger partial charge in [0.25, 0.3) is 0 Å². The van der Waals surface area contributed by atoms with Gasteiger partial charge in [-0.15, -0.1) is 0 Å². The average molecular weight is 786 g/mol. The Morgan fingerprint density at radius 2 is 1.60 bits per heavy atom. The number of thioether (sulfide) groups is 1. The van der Waals surface area contributed by atoms with Crippen LogP contribution in [0, 0.1) is 0 Å². The third-order valence-electron chi connectivity index (χ3n) is 7.04. The lowest BCUT2D eigenvalue weighted by atomic mass is 10.1. The van der Waals surface area contributed by atoms with Crippen LogP contribution in [0.1, 0.15) is 86.4 Å². The van der Waals surface area contributed by atoms with Crippen molar-refractivity contribution in [2.75, 3.05) is 38.0 Å². The quantitative estimate of drug-likeness (QED) is 0.0295. The fourth-order valence-corrected chi connectivity index (χ4v) is 6.68. The molecule has 1 heterocycles. The number of unbranched alkanes of at least 4 members (excludes halogenated alkanes) is 2. The number of likely N-dealkylation sites (tertiary alicyclic amines) is 1. The molecule has 1 saturated heterocycles. The molecule has 0 aliphatic carbocycles. The van der Waals surface area contributed by atoms with Gasteiger partial charge in [-0.25, -0.2) is 10.9 Å². The van der Waals surface area contributed by atoms with Crippen molar-refractivity contribution in [2.45, 2.75) is 83.3 Å². The number of nitrogens with zero attached hydrogens (tertiary/aromatic N) is 4. The fraction of sp³-hybridized carbons (Fsp3) is 0.559. The van der Waals surface area contributed by atoms with E-state index in [1.165, 1.54) is 16.7 Å². The van der Waals surface area contributed by atoms with E-state index in [1.54, 1.807) is 28.6 Å². The zero-order valence-electron chi connectivity index (χ0n) is 33.3. The lowest BCUT2D eigenvalue weighted by Gasteiger charge is -2.14. The number of ketones is 1. The molecule has 0 bridgehead atoms. The number of benzene rings is 1. The number of carbonyl (C=O) groups excluding carboxylic acids is 6. The van der Waals surface area contributed by atoms with Crippen LogP contribution in [-0.2, 0) is 28.8 Å². The van der Waals surface area contributed by atoms with E-state index in [-0.39, 0.29) is 40.6 Å². The molecule has 0 spiro atoms. The second kappa shape index (κ2) is 30.7. The van der Waals surface area contributed by atoms with Gasteiger partial charge in [-0.1, -0.05) is 34.9 Å². The summed E-state index contributed by atoms with van der Waals surface area (Å²) in [4.78, 5) is 68.9. The highest BCUT2D eigenvalue weighted by Gasteiger charge is 2.37. The molecule has 1 aromatic rings. The van der Waals surface area contributed by atoms with Gasteiger partial charge in [0.15, 0.2) is 1.41 Å². The number of rotatable bonds is 24. The molecule has 52 heavy (non-hydrogen) atoms. The first kappa shape index (κ1) is 42.5. The minimum absolute atomic E-state index is 0.0237. The Hall–Kier alpha value is -3.90. The normalized spacial score (nSPS) is 14.7. The Morgan fingerprint density at radius 3 is 2.15 bits per heavy atom. The summed E-state index contributed by atoms with van der Waals surface area (Å²) in [5.74, 6) is 3.85. The van der Waals surface area contributed by atoms with Gasteiger partial charge in [0.05, 0.1) is 20.3 Å². The van der Waals surface area contributed by atoms with Gasteiger partial charge in [-0.2, -0.15) is 27.1 Å². The van der Waals surface area contributed by atoms with Crippen molar-refractivity contribution < 1.29 is 37.7 Å². The maximum atomic E-state index is 11.8. The number of ether oxygens (including phenoxy) is 1. The van der Waals surface area contributed by atoms with E-state index < -0.39 is 0 Å². The molecule has 1 fully saturated rings. The van der Waals surface area contributed by atoms with Crippen molar-refractivity contribution in [3.63, 3.8) is 0 Å². The van der Waals surface area contributed by atoms with Crippen LogP contribution in [0.5, 0.6) is 5.75 Å². The van der Waals surface area contributed by atoms with Crippen LogP contribution in [0.2, 0.25) is 1.41 Å². The van der Waals surface area contributed by atoms with E-state index in [4.69, 9.17) is 8.89 Å². The summed E-state index contributed by atoms with van der Waals surface area (Å²) in [6, 6.07) is 7.51. The minimum atomic E-state index is -0.232. The van der Waals surface area contributed by atoms with Crippen molar-refractivity contribution in [3.8, 4) is 5.75 Å². The molecule has 1 aromatic carbocycles. The van der Waals surface area contributed by atoms with Gasteiger partial charge >= 0.3 is 0 Å². The van der Waals surface area contributed by atoms with Gasteiger partial charge in [-0.3, -0.25) is 33.7 Å². The lowest BCUT2D eigenvalue weighted by Crippen LogP contribution is -2.32. The van der Waals surface area contributed by atoms with E-state index in [2.05, 4.69) is 31.5 Å². The number of imide groups is 1. The van der Waals surface area contributed by atoms with Gasteiger partial charge in [0.1, 0.15) is 11.5 Å². The first-order valence-electron chi connectivity index (χ1n) is 18.3. The Bertz CT molecular complexity index is 1410. The Balaban J connectivity index is 0.000000801. The second-order valence-electron chi connectivity index (χ2n) is 10.8. The highest BCUT2D eigenvalue weighted by atomic mass is 33.1. The van der Waals surface area contributed by atoms with E-state index in [0.29, 0.717) is 70.3 Å². The number of amides is 5. The number of hydrogen-bond acceptors (Lipinski definition) is 14. The third kappa shape index (κ3) is 22.8. The Kier molecular flexibility index (Phi) is 25.1. The van der Waals surface area contributed by atoms with Crippen molar-refractivity contribution in [1.82, 2.24) is 21.1 Å². The van der Waals surface area contributed by atoms with Crippen LogP contribution < -0.4 is 26.7 Å². The Labute approximate surface area is 323 Å². The number of hydrazone groups is 3. The van der Waals surface area contributed by atoms with Crippen molar-refractivity contribution >= 4 is 87.8 Å². The summed E-state index contributed by atoms with van der Waals surface area (Å²) < 4.78 is 25.5. The van der Waals surface area contributed by atoms with E-state index >= 15 is 0 Å². The smallest absolute Gasteiger partial charge is 0.242 e. The molecule has 5 amide bonds. The lowest BCUT2D eigenvalue weighted by molar-refractivity contribution is -0.138. The molecule has 290 valence electrons. The molecule has 15 nitrogen and oxygen atoms in total. The van der Waals surface area contributed by atoms with E-state index in [0.717, 1.165) is 49.0 Å². The van der Waals surface area contributed by atoms with Gasteiger partial charge in [0, 0.05) is 77.0 Å². The highest BCUT2D eigenvalue weighted by molar-refractivity contribution is 8.76. The van der Waals surface area contributed by atoms with Crippen LogP contribution in [-0.4, -0.2) is 103 Å². The molecular weight excluding hydrogens is 729 g/mol. The summed E-state index contributed by atoms with van der Waals surface area (Å²) in [7, 11) is 4.72. The van der Waals surface area contributed by atoms with Crippen molar-refractivity contribution in [2.24, 2.45) is 21.1 Å². The first-order valence-corrected chi connectivity index (χ1v) is 20.4. The summed E-state index contributed by atoms with van der Waals surface area (Å²) in [5, 5.41) is 12.7. The van der Waals surface area contributed by atoms with Crippen LogP contribution in [0.3, 0.4) is 0 Å². The number of nitrogens with two attached hydrogens (primary N) is 1. The predicted octanol–water partition coefficient (Wildman–Crippen LogP) is 3.90. The van der Waals surface area contributed by atoms with Gasteiger partial charge in [-0.05, 0) is 62.3 Å². The molecule has 0 radical (unpaired) electrons. The number of hydrogen-bond donors (Lipinski definition) is 4. The molecule has 1 aliphatic heterocycles. The zero-order chi connectivity index (χ0) is 41.3. The SMILES string of the molecule is [2H]C=NNC(=O)CCCCCN1C(=O)CC(SC)C1=O.[2H]C=NNC(=O)CCSSCCC(=O)NC.[2H]N/N=C(\C)c1ccc(OCCCC(=O)CC)cc1. The number of nitrogens with one attached hydrogen (secondary N) is 3. The standard InChI is InChI=1S/C14H20N2O2.C12H19N3O3S.C8H15N3O2S2/c1-3-13(17)5-4-10-18-14-8-6-12(7-9-14)11(2)16-15;1-13-14-10(16)6-4-3-5-7-15-11(17)8-9(19-2)12(15)18;1-9-7(12)3-5-14-15-6-4-8(13)11-10-2/h6-9H,3-5,10,15H2,1-2H3;9H,1,3-8H2,2H3,(H,14,16);2-6H2,1H3,(H,9,12)(H,11,13)/b16-11+;;/i;1D;2D/hD. The largest absolute Gasteiger partial charge is 0.494 e. The van der Waals surface area contributed by atoms with Gasteiger partial charge in [0.2, 0.25) is 29.5 Å². The monoisotopic (exact) mass is 785 g/mol. The zero-order valence-corrected chi connectivity index (χ0v) is 32.8. The summed E-state index contributed by atoms with van der Waals surface area (Å²) >= 11 is 1.41. The topological polar surface area (TPSA) is 214 Å². The minimum Gasteiger partial charge on any atom is -0.494 e. The van der Waals surface area contributed by atoms with E-state index in [1.807, 2.05) is 50.2 Å². The molecule has 5 N–H and O–H groups in total. The molecule has 2 rings (SSSR count). The molecular formula is C34H54N8O7S3. The summed E-state index contributed by atoms with van der Waals surface area (Å²) in [6.45, 7) is 6.23. The maximum absolute atomic E-state index is 11.8. The highest BCUT2D eigenvalue weighted by Crippen LogP contribution is 2.24. The van der Waals surface area contributed by atoms with Crippen LogP contribution in [0.25, 0.3) is 0 Å². The first-order chi connectivity index (χ1) is 26.5. The second-order valence-corrected chi connectivity index (χ2v) is 14.6. The summed E-state index contributed by atoms with van der Waals surface area (Å²) in [6.07, 6.45) is 7.36. The van der Waals surface area contributed by atoms with Crippen LogP contribution >= 0.6 is 33.3 Å². The van der Waals surface area contributed by atoms with Crippen molar-refractivity contribution in [3.05, 3.63) is 29.8 Å². The number of carbonyl (C=O) groups is 6. The number of Topliss-reactive ketones (excluding diaryl/α,β-unsaturated/α-hetero) is 1. The van der Waals surface area contributed by atoms with Crippen LogP contribution in [0.15, 0.2) is 39.6 Å². The molecule has 1 aliphatic rings. The van der Waals surface area contributed by atoms with Crippen molar-refractivity contribution in [1.29, 1.82) is 0 Å². The van der Waals surface area contributed by atoms with Crippen LogP contribution in [0.4, 0.5) is 0 Å². The third-order valence-corrected chi connectivity index (χ3v) is 10.4. The average Bonchev–Trinajstić information content (AvgIpc) is 3.47. The van der Waals surface area contributed by atoms with Gasteiger partial charge < -0.3 is 15.9 Å². The molecule has 1 atom stereocenters. The Morgan fingerprint density at radius 1 is 0.962 bits per heavy atom.